The van der Waals surface area contributed by atoms with Crippen LogP contribution in [0.2, 0.25) is 0 Å². The van der Waals surface area contributed by atoms with Crippen molar-refractivity contribution in [1.82, 2.24) is 0 Å². The lowest BCUT2D eigenvalue weighted by atomic mass is 9.87. The number of rotatable bonds is 33. The Morgan fingerprint density at radius 2 is 1.10 bits per heavy atom. The van der Waals surface area contributed by atoms with Crippen LogP contribution in [0.3, 0.4) is 0 Å². The molecule has 3 fully saturated rings. The number of carbonyl (C=O) groups excluding carboxylic acids is 2. The number of unbranched alkanes of at least 4 members (excludes halogenated alkanes) is 14. The molecule has 2 aliphatic heterocycles. The van der Waals surface area contributed by atoms with Gasteiger partial charge in [-0.15, -0.1) is 6.42 Å². The smallest absolute Gasteiger partial charge is 0.390 e. The lowest BCUT2D eigenvalue weighted by molar-refractivity contribution is -0.141. The number of epoxide rings is 2. The van der Waals surface area contributed by atoms with Crippen LogP contribution in [0.4, 0.5) is 0 Å². The molecule has 2 heterocycles. The molecule has 1 saturated carbocycles. The molecule has 1 aromatic rings. The Kier molecular flexibility index (Phi) is 25.6. The van der Waals surface area contributed by atoms with Crippen molar-refractivity contribution in [3.8, 4) is 35.7 Å². The van der Waals surface area contributed by atoms with Gasteiger partial charge >= 0.3 is 11.9 Å². The Hall–Kier alpha value is -3.48. The minimum absolute atomic E-state index is 0.147. The molecule has 2 saturated heterocycles. The Bertz CT molecular complexity index is 1450. The zero-order valence-electron chi connectivity index (χ0n) is 35.5. The summed E-state index contributed by atoms with van der Waals surface area (Å²) in [5.74, 6) is 7.29. The van der Waals surface area contributed by atoms with Gasteiger partial charge in [0.25, 0.3) is 0 Å². The molecule has 1 aliphatic carbocycles. The average molecular weight is 819 g/mol. The summed E-state index contributed by atoms with van der Waals surface area (Å²) in [5, 5.41) is 0. The summed E-state index contributed by atoms with van der Waals surface area (Å²) in [6, 6.07) is 6.39. The van der Waals surface area contributed by atoms with Gasteiger partial charge in [-0.05, 0) is 81.7 Å². The molecule has 3 aliphatic rings. The van der Waals surface area contributed by atoms with E-state index in [4.69, 9.17) is 44.3 Å². The van der Waals surface area contributed by atoms with Crippen molar-refractivity contribution in [2.75, 3.05) is 59.5 Å². The van der Waals surface area contributed by atoms with Crippen molar-refractivity contribution in [1.29, 1.82) is 0 Å². The van der Waals surface area contributed by atoms with Crippen LogP contribution in [-0.2, 0) is 38.0 Å². The lowest BCUT2D eigenvalue weighted by Gasteiger charge is -2.27. The van der Waals surface area contributed by atoms with Crippen LogP contribution < -0.4 is 9.47 Å². The first kappa shape index (κ1) is 48.2. The van der Waals surface area contributed by atoms with Gasteiger partial charge in [0, 0.05) is 44.0 Å². The molecule has 0 N–H and O–H groups in total. The van der Waals surface area contributed by atoms with Gasteiger partial charge in [-0.25, -0.2) is 4.79 Å². The number of hydrogen-bond donors (Lipinski definition) is 0. The summed E-state index contributed by atoms with van der Waals surface area (Å²) in [7, 11) is 0. The summed E-state index contributed by atoms with van der Waals surface area (Å²) < 4.78 is 44.3. The Balaban J connectivity index is 0.962. The van der Waals surface area contributed by atoms with Crippen LogP contribution in [0.5, 0.6) is 11.5 Å². The summed E-state index contributed by atoms with van der Waals surface area (Å²) in [5.41, 5.74) is 0.504. The largest absolute Gasteiger partial charge is 0.426 e. The molecule has 1 aromatic carbocycles. The maximum atomic E-state index is 12.9. The zero-order chi connectivity index (χ0) is 41.4. The van der Waals surface area contributed by atoms with Crippen molar-refractivity contribution >= 4 is 11.9 Å². The van der Waals surface area contributed by atoms with Crippen molar-refractivity contribution < 1.29 is 47.5 Å². The topological polar surface area (TPSA) is 115 Å². The van der Waals surface area contributed by atoms with E-state index in [0.717, 1.165) is 104 Å². The van der Waals surface area contributed by atoms with Crippen LogP contribution in [0.15, 0.2) is 48.1 Å². The maximum Gasteiger partial charge on any atom is 0.390 e. The van der Waals surface area contributed by atoms with E-state index in [0.29, 0.717) is 42.5 Å². The highest BCUT2D eigenvalue weighted by atomic mass is 16.6. The fraction of sp³-hybridized carbons (Fsp3) is 0.673. The van der Waals surface area contributed by atoms with E-state index in [1.54, 1.807) is 30.3 Å². The van der Waals surface area contributed by atoms with E-state index in [1.807, 2.05) is 6.08 Å². The molecule has 326 valence electrons. The molecule has 59 heavy (non-hydrogen) atoms. The normalized spacial score (nSPS) is 19.8. The molecule has 2 unspecified atom stereocenters. The maximum absolute atomic E-state index is 12.9. The molecular weight excluding hydrogens is 749 g/mol. The van der Waals surface area contributed by atoms with Crippen LogP contribution in [0.1, 0.15) is 128 Å². The van der Waals surface area contributed by atoms with E-state index in [9.17, 15) is 9.59 Å². The molecule has 0 aromatic heterocycles. The van der Waals surface area contributed by atoms with Gasteiger partial charge < -0.3 is 37.9 Å². The van der Waals surface area contributed by atoms with Crippen LogP contribution >= 0.6 is 0 Å². The van der Waals surface area contributed by atoms with Crippen molar-refractivity contribution in [2.24, 2.45) is 5.92 Å². The Labute approximate surface area is 354 Å². The third-order valence-electron chi connectivity index (χ3n) is 10.6. The van der Waals surface area contributed by atoms with Gasteiger partial charge in [0.05, 0.1) is 45.1 Å². The third-order valence-corrected chi connectivity index (χ3v) is 10.6. The predicted molar refractivity (Wildman–Crippen MR) is 229 cm³/mol. The third kappa shape index (κ3) is 25.0. The molecule has 0 radical (unpaired) electrons. The van der Waals surface area contributed by atoms with E-state index in [1.165, 1.54) is 76.7 Å². The Morgan fingerprint density at radius 3 is 1.61 bits per heavy atom. The quantitative estimate of drug-likeness (QED) is 0.0129. The monoisotopic (exact) mass is 818 g/mol. The van der Waals surface area contributed by atoms with Crippen molar-refractivity contribution in [3.05, 3.63) is 48.1 Å². The Morgan fingerprint density at radius 1 is 0.627 bits per heavy atom. The second kappa shape index (κ2) is 31.4. The molecule has 0 bridgehead atoms. The number of carbonyl (C=O) groups is 2. The number of hydrogen-bond acceptors (Lipinski definition) is 10. The van der Waals surface area contributed by atoms with Gasteiger partial charge in [0.15, 0.2) is 0 Å². The fourth-order valence-corrected chi connectivity index (χ4v) is 6.88. The molecule has 10 heteroatoms. The van der Waals surface area contributed by atoms with E-state index in [2.05, 4.69) is 17.8 Å². The van der Waals surface area contributed by atoms with E-state index in [-0.39, 0.29) is 18.0 Å². The van der Waals surface area contributed by atoms with Crippen molar-refractivity contribution in [2.45, 2.75) is 147 Å². The first-order valence-corrected chi connectivity index (χ1v) is 22.6. The summed E-state index contributed by atoms with van der Waals surface area (Å²) in [6.07, 6.45) is 34.1. The molecule has 4 rings (SSSR count). The molecule has 0 spiro atoms. The second-order valence-corrected chi connectivity index (χ2v) is 15.8. The van der Waals surface area contributed by atoms with Crippen molar-refractivity contribution in [3.63, 3.8) is 0 Å². The fourth-order valence-electron chi connectivity index (χ4n) is 6.88. The van der Waals surface area contributed by atoms with Gasteiger partial charge in [0.2, 0.25) is 0 Å². The molecular formula is C49H70O10. The number of allylic oxidation sites excluding steroid dienone is 3. The highest BCUT2D eigenvalue weighted by molar-refractivity contribution is 5.91. The first-order valence-electron chi connectivity index (χ1n) is 22.6. The van der Waals surface area contributed by atoms with Crippen LogP contribution in [0, 0.1) is 30.1 Å². The summed E-state index contributed by atoms with van der Waals surface area (Å²) >= 11 is 0. The highest BCUT2D eigenvalue weighted by Gasteiger charge is 2.28. The lowest BCUT2D eigenvalue weighted by Crippen LogP contribution is -2.29. The molecule has 2 atom stereocenters. The predicted octanol–water partition coefficient (Wildman–Crippen LogP) is 9.28. The highest BCUT2D eigenvalue weighted by Crippen LogP contribution is 2.29. The number of ether oxygens (including phenoxy) is 8. The zero-order valence-corrected chi connectivity index (χ0v) is 35.5. The number of benzene rings is 1. The van der Waals surface area contributed by atoms with Crippen LogP contribution in [0.25, 0.3) is 0 Å². The van der Waals surface area contributed by atoms with Gasteiger partial charge in [0.1, 0.15) is 23.7 Å². The van der Waals surface area contributed by atoms with E-state index >= 15 is 0 Å². The number of terminal acetylenes is 1. The summed E-state index contributed by atoms with van der Waals surface area (Å²) in [6.45, 7) is 6.86. The second-order valence-electron chi connectivity index (χ2n) is 15.8. The molecule has 0 amide bonds. The van der Waals surface area contributed by atoms with Gasteiger partial charge in [-0.2, -0.15) is 0 Å². The minimum Gasteiger partial charge on any atom is -0.426 e. The van der Waals surface area contributed by atoms with Crippen LogP contribution in [-0.4, -0.2) is 89.7 Å². The number of esters is 2. The summed E-state index contributed by atoms with van der Waals surface area (Å²) in [4.78, 5) is 25.3. The van der Waals surface area contributed by atoms with E-state index < -0.39 is 5.97 Å². The molecule has 10 nitrogen and oxygen atoms in total. The first-order chi connectivity index (χ1) is 29.1. The van der Waals surface area contributed by atoms with Gasteiger partial charge in [-0.1, -0.05) is 95.0 Å². The van der Waals surface area contributed by atoms with Gasteiger partial charge in [-0.3, -0.25) is 4.79 Å². The minimum atomic E-state index is -0.724. The standard InChI is InChI=1S/C49H70O10/c1-2-20-41(21-19-35-52-32-15-11-7-3-4-8-12-16-33-53-37-46-39-56-46)22-31-48(50)58-44-27-29-45(30-28-44)59-49(51)42-23-25-43(26-24-42)55-36-18-14-10-6-5-9-13-17-34-54-38-47-40-57-47/h1,19-21,27-30,42-43,46-47H,3-18,23-26,32-40H2/b21-19-,41-20+. The SMILES string of the molecule is C#C/C=C(C#CC(=O)Oc1ccc(OC(=O)C2CCC(OCCCCCCCCCCOCC3CO3)CC2)cc1)\C=C/COCCCCCCCCCCOCC1CO1. The average Bonchev–Trinajstić information content (AvgIpc) is 4.20.